The SMILES string of the molecule is O=C(CNS(=O)(=O)c1ccccc1F)N1C[C@@H]2C[C@@H](c3ccccc3)[C@@H]2C1. The van der Waals surface area contributed by atoms with Crippen LogP contribution in [0.4, 0.5) is 4.39 Å². The molecule has 2 aromatic carbocycles. The summed E-state index contributed by atoms with van der Waals surface area (Å²) in [4.78, 5) is 13.8. The molecular formula is C20H21FN2O3S. The lowest BCUT2D eigenvalue weighted by Gasteiger charge is -2.39. The number of carbonyl (C=O) groups is 1. The zero-order valence-corrected chi connectivity index (χ0v) is 15.5. The van der Waals surface area contributed by atoms with Gasteiger partial charge >= 0.3 is 0 Å². The summed E-state index contributed by atoms with van der Waals surface area (Å²) in [5, 5.41) is 0. The van der Waals surface area contributed by atoms with E-state index in [0.717, 1.165) is 12.5 Å². The van der Waals surface area contributed by atoms with Crippen molar-refractivity contribution in [3.8, 4) is 0 Å². The van der Waals surface area contributed by atoms with E-state index in [-0.39, 0.29) is 12.5 Å². The first-order chi connectivity index (χ1) is 13.0. The van der Waals surface area contributed by atoms with Crippen LogP contribution in [0.3, 0.4) is 0 Å². The fraction of sp³-hybridized carbons (Fsp3) is 0.350. The fourth-order valence-electron chi connectivity index (χ4n) is 4.20. The maximum atomic E-state index is 13.7. The number of fused-ring (bicyclic) bond motifs is 1. The van der Waals surface area contributed by atoms with Crippen molar-refractivity contribution in [2.75, 3.05) is 19.6 Å². The highest BCUT2D eigenvalue weighted by molar-refractivity contribution is 7.89. The van der Waals surface area contributed by atoms with Crippen LogP contribution in [0, 0.1) is 17.7 Å². The van der Waals surface area contributed by atoms with E-state index >= 15 is 0 Å². The van der Waals surface area contributed by atoms with Crippen molar-refractivity contribution < 1.29 is 17.6 Å². The van der Waals surface area contributed by atoms with Gasteiger partial charge < -0.3 is 4.90 Å². The third-order valence-electron chi connectivity index (χ3n) is 5.69. The molecule has 1 amide bonds. The fourth-order valence-corrected chi connectivity index (χ4v) is 5.25. The summed E-state index contributed by atoms with van der Waals surface area (Å²) >= 11 is 0. The Bertz CT molecular complexity index is 949. The van der Waals surface area contributed by atoms with E-state index in [2.05, 4.69) is 16.9 Å². The Morgan fingerprint density at radius 3 is 2.52 bits per heavy atom. The zero-order valence-electron chi connectivity index (χ0n) is 14.7. The van der Waals surface area contributed by atoms with Gasteiger partial charge in [-0.25, -0.2) is 17.5 Å². The number of hydrogen-bond acceptors (Lipinski definition) is 3. The van der Waals surface area contributed by atoms with Crippen LogP contribution in [-0.2, 0) is 14.8 Å². The minimum absolute atomic E-state index is 0.267. The number of benzene rings is 2. The number of rotatable bonds is 5. The second-order valence-corrected chi connectivity index (χ2v) is 8.97. The van der Waals surface area contributed by atoms with E-state index in [4.69, 9.17) is 0 Å². The molecule has 1 saturated heterocycles. The van der Waals surface area contributed by atoms with Crippen molar-refractivity contribution in [2.24, 2.45) is 11.8 Å². The van der Waals surface area contributed by atoms with Crippen molar-refractivity contribution >= 4 is 15.9 Å². The molecule has 1 aliphatic carbocycles. The highest BCUT2D eigenvalue weighted by Crippen LogP contribution is 2.51. The summed E-state index contributed by atoms with van der Waals surface area (Å²) in [6, 6.07) is 15.4. The molecule has 2 aromatic rings. The Kier molecular flexibility index (Phi) is 4.74. The number of hydrogen-bond donors (Lipinski definition) is 1. The predicted molar refractivity (Wildman–Crippen MR) is 98.9 cm³/mol. The van der Waals surface area contributed by atoms with Crippen LogP contribution >= 0.6 is 0 Å². The topological polar surface area (TPSA) is 66.5 Å². The number of sulfonamides is 1. The van der Waals surface area contributed by atoms with Gasteiger partial charge in [0.05, 0.1) is 6.54 Å². The maximum absolute atomic E-state index is 13.7. The van der Waals surface area contributed by atoms with Crippen molar-refractivity contribution in [1.82, 2.24) is 9.62 Å². The van der Waals surface area contributed by atoms with Crippen LogP contribution in [0.25, 0.3) is 0 Å². The van der Waals surface area contributed by atoms with Crippen LogP contribution in [0.5, 0.6) is 0 Å². The Labute approximate surface area is 158 Å². The van der Waals surface area contributed by atoms with E-state index in [1.54, 1.807) is 4.90 Å². The lowest BCUT2D eigenvalue weighted by Crippen LogP contribution is -2.39. The molecule has 5 nitrogen and oxygen atoms in total. The van der Waals surface area contributed by atoms with Crippen LogP contribution < -0.4 is 4.72 Å². The molecule has 0 aromatic heterocycles. The average molecular weight is 388 g/mol. The average Bonchev–Trinajstić information content (AvgIpc) is 2.98. The third kappa shape index (κ3) is 3.49. The number of halogens is 1. The molecule has 0 radical (unpaired) electrons. The van der Waals surface area contributed by atoms with Crippen molar-refractivity contribution in [1.29, 1.82) is 0 Å². The summed E-state index contributed by atoms with van der Waals surface area (Å²) in [5.41, 5.74) is 1.30. The molecule has 1 aliphatic heterocycles. The maximum Gasteiger partial charge on any atom is 0.243 e. The Balaban J connectivity index is 1.36. The highest BCUT2D eigenvalue weighted by atomic mass is 32.2. The number of nitrogens with zero attached hydrogens (tertiary/aromatic N) is 1. The summed E-state index contributed by atoms with van der Waals surface area (Å²) in [5.74, 6) is 0.268. The predicted octanol–water partition coefficient (Wildman–Crippen LogP) is 2.37. The van der Waals surface area contributed by atoms with Crippen LogP contribution in [-0.4, -0.2) is 38.9 Å². The van der Waals surface area contributed by atoms with Gasteiger partial charge in [0.2, 0.25) is 15.9 Å². The van der Waals surface area contributed by atoms with Gasteiger partial charge in [0.1, 0.15) is 10.7 Å². The number of carbonyl (C=O) groups excluding carboxylic acids is 1. The zero-order chi connectivity index (χ0) is 19.0. The minimum Gasteiger partial charge on any atom is -0.341 e. The molecule has 142 valence electrons. The van der Waals surface area contributed by atoms with Crippen molar-refractivity contribution in [2.45, 2.75) is 17.2 Å². The summed E-state index contributed by atoms with van der Waals surface area (Å²) in [6.07, 6.45) is 1.05. The van der Waals surface area contributed by atoms with Gasteiger partial charge in [0, 0.05) is 13.1 Å². The molecular weight excluding hydrogens is 367 g/mol. The van der Waals surface area contributed by atoms with Gasteiger partial charge in [-0.05, 0) is 41.9 Å². The summed E-state index contributed by atoms with van der Waals surface area (Å²) in [7, 11) is -4.05. The van der Waals surface area contributed by atoms with E-state index in [9.17, 15) is 17.6 Å². The first-order valence-electron chi connectivity index (χ1n) is 9.02. The standard InChI is InChI=1S/C20H21FN2O3S/c21-18-8-4-5-9-19(18)27(25,26)22-11-20(24)23-12-15-10-16(17(15)13-23)14-6-2-1-3-7-14/h1-9,15-17,22H,10-13H2/t15-,16-,17+/m0/s1. The Hall–Kier alpha value is -2.25. The molecule has 0 bridgehead atoms. The minimum atomic E-state index is -4.05. The van der Waals surface area contributed by atoms with E-state index in [0.29, 0.717) is 30.8 Å². The van der Waals surface area contributed by atoms with Gasteiger partial charge in [0.15, 0.2) is 0 Å². The number of amides is 1. The lowest BCUT2D eigenvalue weighted by molar-refractivity contribution is -0.129. The molecule has 3 atom stereocenters. The molecule has 2 aliphatic rings. The molecule has 1 N–H and O–H groups in total. The largest absolute Gasteiger partial charge is 0.341 e. The van der Waals surface area contributed by atoms with Gasteiger partial charge in [-0.15, -0.1) is 0 Å². The molecule has 2 fully saturated rings. The quantitative estimate of drug-likeness (QED) is 0.855. The smallest absolute Gasteiger partial charge is 0.243 e. The van der Waals surface area contributed by atoms with Gasteiger partial charge in [-0.2, -0.15) is 0 Å². The monoisotopic (exact) mass is 388 g/mol. The first-order valence-corrected chi connectivity index (χ1v) is 10.5. The van der Waals surface area contributed by atoms with Crippen molar-refractivity contribution in [3.63, 3.8) is 0 Å². The lowest BCUT2D eigenvalue weighted by atomic mass is 9.64. The second-order valence-electron chi connectivity index (χ2n) is 7.23. The van der Waals surface area contributed by atoms with Crippen LogP contribution in [0.1, 0.15) is 17.9 Å². The van der Waals surface area contributed by atoms with Crippen LogP contribution in [0.2, 0.25) is 0 Å². The van der Waals surface area contributed by atoms with E-state index < -0.39 is 20.7 Å². The normalized spacial score (nSPS) is 24.3. The van der Waals surface area contributed by atoms with Gasteiger partial charge in [0.25, 0.3) is 0 Å². The van der Waals surface area contributed by atoms with Crippen molar-refractivity contribution in [3.05, 3.63) is 66.0 Å². The molecule has 7 heteroatoms. The number of likely N-dealkylation sites (tertiary alicyclic amines) is 1. The van der Waals surface area contributed by atoms with Gasteiger partial charge in [-0.1, -0.05) is 42.5 Å². The second kappa shape index (κ2) is 7.05. The molecule has 0 spiro atoms. The van der Waals surface area contributed by atoms with E-state index in [1.807, 2.05) is 18.2 Å². The summed E-state index contributed by atoms with van der Waals surface area (Å²) in [6.45, 7) is 0.949. The van der Waals surface area contributed by atoms with Crippen LogP contribution in [0.15, 0.2) is 59.5 Å². The Morgan fingerprint density at radius 1 is 1.07 bits per heavy atom. The number of nitrogens with one attached hydrogen (secondary N) is 1. The molecule has 4 rings (SSSR count). The summed E-state index contributed by atoms with van der Waals surface area (Å²) < 4.78 is 40.4. The Morgan fingerprint density at radius 2 is 1.78 bits per heavy atom. The molecule has 1 saturated carbocycles. The third-order valence-corrected chi connectivity index (χ3v) is 7.12. The highest BCUT2D eigenvalue weighted by Gasteiger charge is 2.48. The molecule has 1 heterocycles. The van der Waals surface area contributed by atoms with E-state index in [1.165, 1.54) is 23.8 Å². The molecule has 0 unspecified atom stereocenters. The first kappa shape index (κ1) is 18.1. The molecule has 27 heavy (non-hydrogen) atoms. The van der Waals surface area contributed by atoms with Gasteiger partial charge in [-0.3, -0.25) is 4.79 Å².